The Morgan fingerprint density at radius 1 is 1.05 bits per heavy atom. The van der Waals surface area contributed by atoms with Crippen molar-refractivity contribution in [3.63, 3.8) is 0 Å². The number of rotatable bonds is 6. The standard InChI is InChI=1S/C26H31ClN4O5S/c27-21-14-22-23(36-17-25(32)29-22)15-24(21)37(34,35)31-12-6-19(7-13-31)26(33)28-20-8-10-30(11-9-20)16-18-4-2-1-3-5-18/h1-5,14-15,19-20H,6-13,16-17H2,(H,28,33)(H,29,32). The zero-order valence-electron chi connectivity index (χ0n) is 20.5. The Kier molecular flexibility index (Phi) is 7.71. The summed E-state index contributed by atoms with van der Waals surface area (Å²) in [4.78, 5) is 26.8. The molecule has 3 heterocycles. The van der Waals surface area contributed by atoms with Gasteiger partial charge >= 0.3 is 0 Å². The molecule has 2 aromatic carbocycles. The highest BCUT2D eigenvalue weighted by Crippen LogP contribution is 2.37. The molecule has 0 aliphatic carbocycles. The fraction of sp³-hybridized carbons (Fsp3) is 0.462. The fourth-order valence-corrected chi connectivity index (χ4v) is 7.16. The second-order valence-electron chi connectivity index (χ2n) is 9.84. The Balaban J connectivity index is 1.12. The minimum atomic E-state index is -3.88. The number of hydrogen-bond acceptors (Lipinski definition) is 6. The van der Waals surface area contributed by atoms with Crippen molar-refractivity contribution in [1.29, 1.82) is 0 Å². The molecule has 2 N–H and O–H groups in total. The highest BCUT2D eigenvalue weighted by molar-refractivity contribution is 7.89. The van der Waals surface area contributed by atoms with Crippen molar-refractivity contribution < 1.29 is 22.7 Å². The van der Waals surface area contributed by atoms with Crippen molar-refractivity contribution in [1.82, 2.24) is 14.5 Å². The number of nitrogens with one attached hydrogen (secondary N) is 2. The van der Waals surface area contributed by atoms with Crippen molar-refractivity contribution in [3.05, 3.63) is 53.1 Å². The molecule has 0 unspecified atom stereocenters. The first-order chi connectivity index (χ1) is 17.8. The predicted molar refractivity (Wildman–Crippen MR) is 140 cm³/mol. The number of carbonyl (C=O) groups is 2. The van der Waals surface area contributed by atoms with E-state index in [4.69, 9.17) is 16.3 Å². The molecule has 0 aromatic heterocycles. The molecule has 5 rings (SSSR count). The Hall–Kier alpha value is -2.66. The zero-order valence-corrected chi connectivity index (χ0v) is 22.1. The number of carbonyl (C=O) groups excluding carboxylic acids is 2. The average molecular weight is 547 g/mol. The van der Waals surface area contributed by atoms with E-state index in [0.717, 1.165) is 32.5 Å². The lowest BCUT2D eigenvalue weighted by Gasteiger charge is -2.35. The summed E-state index contributed by atoms with van der Waals surface area (Å²) < 4.78 is 33.3. The second-order valence-corrected chi connectivity index (χ2v) is 12.2. The Labute approximate surface area is 222 Å². The molecule has 0 radical (unpaired) electrons. The molecule has 11 heteroatoms. The summed E-state index contributed by atoms with van der Waals surface area (Å²) in [5, 5.41) is 5.84. The molecule has 2 fully saturated rings. The van der Waals surface area contributed by atoms with E-state index in [1.807, 2.05) is 6.07 Å². The number of sulfonamides is 1. The summed E-state index contributed by atoms with van der Waals surface area (Å²) in [5.41, 5.74) is 1.64. The average Bonchev–Trinajstić information content (AvgIpc) is 2.90. The topological polar surface area (TPSA) is 108 Å². The molecule has 2 aromatic rings. The molecule has 37 heavy (non-hydrogen) atoms. The molecule has 3 aliphatic rings. The number of halogens is 1. The molecule has 3 aliphatic heterocycles. The van der Waals surface area contributed by atoms with E-state index in [0.29, 0.717) is 18.5 Å². The van der Waals surface area contributed by atoms with Crippen LogP contribution < -0.4 is 15.4 Å². The predicted octanol–water partition coefficient (Wildman–Crippen LogP) is 2.85. The van der Waals surface area contributed by atoms with Crippen LogP contribution in [0.1, 0.15) is 31.2 Å². The number of ether oxygens (including phenoxy) is 1. The number of anilines is 1. The molecular weight excluding hydrogens is 516 g/mol. The van der Waals surface area contributed by atoms with Gasteiger partial charge in [0.1, 0.15) is 10.6 Å². The summed E-state index contributed by atoms with van der Waals surface area (Å²) in [6, 6.07) is 13.3. The van der Waals surface area contributed by atoms with Crippen LogP contribution in [0.15, 0.2) is 47.4 Å². The quantitative estimate of drug-likeness (QED) is 0.577. The van der Waals surface area contributed by atoms with Gasteiger partial charge in [0.05, 0.1) is 10.7 Å². The SMILES string of the molecule is O=C1COc2cc(S(=O)(=O)N3CCC(C(=O)NC4CCN(Cc5ccccc5)CC4)CC3)c(Cl)cc2N1. The number of likely N-dealkylation sites (tertiary alicyclic amines) is 1. The molecule has 2 saturated heterocycles. The fourth-order valence-electron chi connectivity index (χ4n) is 5.17. The third-order valence-electron chi connectivity index (χ3n) is 7.29. The Morgan fingerprint density at radius 2 is 1.76 bits per heavy atom. The third-order valence-corrected chi connectivity index (χ3v) is 9.66. The van der Waals surface area contributed by atoms with Crippen molar-refractivity contribution in [2.24, 2.45) is 5.92 Å². The minimum Gasteiger partial charge on any atom is -0.482 e. The van der Waals surface area contributed by atoms with Crippen LogP contribution in [0.2, 0.25) is 5.02 Å². The molecule has 198 valence electrons. The number of hydrogen-bond donors (Lipinski definition) is 2. The zero-order chi connectivity index (χ0) is 26.0. The summed E-state index contributed by atoms with van der Waals surface area (Å²) in [6.45, 7) is 3.09. The van der Waals surface area contributed by atoms with Crippen LogP contribution in [0.25, 0.3) is 0 Å². The summed E-state index contributed by atoms with van der Waals surface area (Å²) in [7, 11) is -3.88. The largest absolute Gasteiger partial charge is 0.482 e. The molecule has 2 amide bonds. The van der Waals surface area contributed by atoms with Crippen LogP contribution in [-0.2, 0) is 26.2 Å². The van der Waals surface area contributed by atoms with Gasteiger partial charge in [-0.2, -0.15) is 4.31 Å². The maximum absolute atomic E-state index is 13.3. The van der Waals surface area contributed by atoms with Crippen LogP contribution in [-0.4, -0.2) is 68.3 Å². The first-order valence-electron chi connectivity index (χ1n) is 12.6. The first kappa shape index (κ1) is 26.0. The number of benzene rings is 2. The monoisotopic (exact) mass is 546 g/mol. The van der Waals surface area contributed by atoms with Crippen molar-refractivity contribution in [3.8, 4) is 5.75 Å². The third kappa shape index (κ3) is 5.93. The summed E-state index contributed by atoms with van der Waals surface area (Å²) >= 11 is 6.28. The number of fused-ring (bicyclic) bond motifs is 1. The molecule has 0 spiro atoms. The summed E-state index contributed by atoms with van der Waals surface area (Å²) in [6.07, 6.45) is 2.72. The van der Waals surface area contributed by atoms with Gasteiger partial charge in [-0.25, -0.2) is 8.42 Å². The summed E-state index contributed by atoms with van der Waals surface area (Å²) in [5.74, 6) is -0.259. The van der Waals surface area contributed by atoms with Gasteiger partial charge < -0.3 is 15.4 Å². The maximum Gasteiger partial charge on any atom is 0.262 e. The highest BCUT2D eigenvalue weighted by Gasteiger charge is 2.35. The van der Waals surface area contributed by atoms with Crippen LogP contribution >= 0.6 is 11.6 Å². The van der Waals surface area contributed by atoms with Gasteiger partial charge in [-0.1, -0.05) is 41.9 Å². The van der Waals surface area contributed by atoms with Gasteiger partial charge in [0, 0.05) is 50.7 Å². The number of nitrogens with zero attached hydrogens (tertiary/aromatic N) is 2. The number of piperidine rings is 2. The van der Waals surface area contributed by atoms with E-state index >= 15 is 0 Å². The van der Waals surface area contributed by atoms with Crippen LogP contribution in [0, 0.1) is 5.92 Å². The van der Waals surface area contributed by atoms with E-state index < -0.39 is 10.0 Å². The normalized spacial score (nSPS) is 20.1. The van der Waals surface area contributed by atoms with E-state index in [1.165, 1.54) is 22.0 Å². The van der Waals surface area contributed by atoms with Gasteiger partial charge in [0.2, 0.25) is 15.9 Å². The molecule has 0 bridgehead atoms. The smallest absolute Gasteiger partial charge is 0.262 e. The molecule has 9 nitrogen and oxygen atoms in total. The van der Waals surface area contributed by atoms with Gasteiger partial charge in [-0.3, -0.25) is 14.5 Å². The second kappa shape index (κ2) is 11.0. The lowest BCUT2D eigenvalue weighted by Crippen LogP contribution is -2.48. The molecule has 0 saturated carbocycles. The first-order valence-corrected chi connectivity index (χ1v) is 14.4. The van der Waals surface area contributed by atoms with E-state index in [-0.39, 0.29) is 59.1 Å². The van der Waals surface area contributed by atoms with Gasteiger partial charge in [-0.05, 0) is 37.3 Å². The maximum atomic E-state index is 13.3. The molecular formula is C26H31ClN4O5S. The Bertz CT molecular complexity index is 1260. The lowest BCUT2D eigenvalue weighted by molar-refractivity contribution is -0.127. The van der Waals surface area contributed by atoms with Crippen LogP contribution in [0.3, 0.4) is 0 Å². The van der Waals surface area contributed by atoms with Gasteiger partial charge in [-0.15, -0.1) is 0 Å². The number of amides is 2. The minimum absolute atomic E-state index is 0.00881. The molecule has 0 atom stereocenters. The van der Waals surface area contributed by atoms with Crippen molar-refractivity contribution >= 4 is 39.1 Å². The van der Waals surface area contributed by atoms with Gasteiger partial charge in [0.15, 0.2) is 6.61 Å². The van der Waals surface area contributed by atoms with E-state index in [2.05, 4.69) is 39.8 Å². The van der Waals surface area contributed by atoms with Crippen LogP contribution in [0.4, 0.5) is 5.69 Å². The van der Waals surface area contributed by atoms with E-state index in [9.17, 15) is 18.0 Å². The van der Waals surface area contributed by atoms with Crippen LogP contribution in [0.5, 0.6) is 5.75 Å². The van der Waals surface area contributed by atoms with Gasteiger partial charge in [0.25, 0.3) is 5.91 Å². The van der Waals surface area contributed by atoms with E-state index in [1.54, 1.807) is 0 Å². The highest BCUT2D eigenvalue weighted by atomic mass is 35.5. The lowest BCUT2D eigenvalue weighted by atomic mass is 9.95. The van der Waals surface area contributed by atoms with Crippen molar-refractivity contribution in [2.75, 3.05) is 38.1 Å². The Morgan fingerprint density at radius 3 is 2.46 bits per heavy atom. The van der Waals surface area contributed by atoms with Crippen molar-refractivity contribution in [2.45, 2.75) is 43.2 Å².